The van der Waals surface area contributed by atoms with Crippen molar-refractivity contribution >= 4 is 0 Å². The van der Waals surface area contributed by atoms with Gasteiger partial charge >= 0.3 is 0 Å². The molecule has 26 atom stereocenters. The zero-order valence-electron chi connectivity index (χ0n) is 36.6. The smallest absolute Gasteiger partial charge is 0.187 e. The molecule has 4 aliphatic carbocycles. The molecular weight excluding hydrogens is 812 g/mol. The van der Waals surface area contributed by atoms with Gasteiger partial charge in [0.1, 0.15) is 67.1 Å². The quantitative estimate of drug-likeness (QED) is 0.148. The Morgan fingerprint density at radius 2 is 1.34 bits per heavy atom. The zero-order valence-corrected chi connectivity index (χ0v) is 36.6. The number of rotatable bonds is 8. The van der Waals surface area contributed by atoms with Crippen molar-refractivity contribution in [3.63, 3.8) is 0 Å². The normalized spacial score (nSPS) is 57.6. The van der Waals surface area contributed by atoms with Crippen LogP contribution in [0.2, 0.25) is 0 Å². The topological polar surface area (TPSA) is 256 Å². The molecule has 0 aromatic heterocycles. The Hall–Kier alpha value is -0.940. The molecule has 1 unspecified atom stereocenters. The van der Waals surface area contributed by atoms with Crippen LogP contribution < -0.4 is 0 Å². The summed E-state index contributed by atoms with van der Waals surface area (Å²) in [5, 5.41) is 95.8. The van der Waals surface area contributed by atoms with Gasteiger partial charge in [-0.25, -0.2) is 0 Å². The lowest BCUT2D eigenvalue weighted by Crippen LogP contribution is -2.67. The van der Waals surface area contributed by atoms with E-state index in [9.17, 15) is 46.0 Å². The molecule has 5 aliphatic heterocycles. The highest BCUT2D eigenvalue weighted by molar-refractivity contribution is 5.26. The van der Waals surface area contributed by atoms with Crippen molar-refractivity contribution in [2.24, 2.45) is 46.3 Å². The van der Waals surface area contributed by atoms with Gasteiger partial charge in [-0.1, -0.05) is 39.3 Å². The molecule has 1 spiro atoms. The zero-order chi connectivity index (χ0) is 44.2. The number of aliphatic hydroxyl groups is 9. The Bertz CT molecular complexity index is 1610. The molecule has 9 N–H and O–H groups in total. The Morgan fingerprint density at radius 3 is 2.03 bits per heavy atom. The van der Waals surface area contributed by atoms with Crippen molar-refractivity contribution in [3.05, 3.63) is 11.6 Å². The van der Waals surface area contributed by atoms with Gasteiger partial charge in [-0.3, -0.25) is 0 Å². The van der Waals surface area contributed by atoms with E-state index < -0.39 is 117 Å². The number of ether oxygens (including phenoxy) is 8. The van der Waals surface area contributed by atoms with Crippen LogP contribution in [0.4, 0.5) is 0 Å². The number of fused-ring (bicyclic) bond motifs is 7. The van der Waals surface area contributed by atoms with Crippen LogP contribution in [0.15, 0.2) is 11.6 Å². The molecule has 0 aromatic carbocycles. The van der Waals surface area contributed by atoms with Gasteiger partial charge in [0.05, 0.1) is 38.1 Å². The van der Waals surface area contributed by atoms with Crippen LogP contribution in [0.5, 0.6) is 0 Å². The summed E-state index contributed by atoms with van der Waals surface area (Å²) in [6, 6.07) is 0. The van der Waals surface area contributed by atoms with Crippen molar-refractivity contribution in [3.8, 4) is 0 Å². The second-order valence-electron chi connectivity index (χ2n) is 21.1. The largest absolute Gasteiger partial charge is 0.394 e. The number of hydrogen-bond donors (Lipinski definition) is 9. The summed E-state index contributed by atoms with van der Waals surface area (Å²) >= 11 is 0. The van der Waals surface area contributed by atoms with E-state index in [0.717, 1.165) is 51.6 Å². The second-order valence-corrected chi connectivity index (χ2v) is 21.1. The van der Waals surface area contributed by atoms with Crippen molar-refractivity contribution in [2.45, 2.75) is 203 Å². The summed E-state index contributed by atoms with van der Waals surface area (Å²) in [5.74, 6) is 2.52. The SMILES string of the molecule is CC1CC[C@@]2(OC1)O[C@H]1C[C@H]3[C@@H]4CC=C5C[C@@H](O[C@@H]6O[C@H](CO)[C@@H](O)[C@H](O[C@@H]7O[C@H](CO)[C@@H](O)[C@H](O)[C@H]7O)[C@H]6O[C@@H]6O[C@@H](C)[C@H](O)[C@@H](O)[C@H]6O)CC[C@]5(C)[C@H]4CC[C@]3(C)[C@H]1[C@@H]2C. The van der Waals surface area contributed by atoms with Crippen LogP contribution in [-0.4, -0.2) is 176 Å². The van der Waals surface area contributed by atoms with Crippen LogP contribution in [0, 0.1) is 46.3 Å². The fourth-order valence-electron chi connectivity index (χ4n) is 14.0. The van der Waals surface area contributed by atoms with E-state index in [-0.39, 0.29) is 16.9 Å². The van der Waals surface area contributed by atoms with Crippen LogP contribution in [0.3, 0.4) is 0 Å². The molecule has 17 nitrogen and oxygen atoms in total. The van der Waals surface area contributed by atoms with E-state index in [1.165, 1.54) is 12.5 Å². The predicted octanol–water partition coefficient (Wildman–Crippen LogP) is 0.214. The number of allylic oxidation sites excluding steroid dienone is 1. The van der Waals surface area contributed by atoms with Crippen molar-refractivity contribution in [1.82, 2.24) is 0 Å². The first-order chi connectivity index (χ1) is 29.4. The van der Waals surface area contributed by atoms with Crippen molar-refractivity contribution in [1.29, 1.82) is 0 Å². The second kappa shape index (κ2) is 17.3. The van der Waals surface area contributed by atoms with Gasteiger partial charge < -0.3 is 83.9 Å². The first-order valence-electron chi connectivity index (χ1n) is 23.4. The summed E-state index contributed by atoms with van der Waals surface area (Å²) in [6.45, 7) is 10.4. The molecule has 17 heteroatoms. The molecule has 5 heterocycles. The van der Waals surface area contributed by atoms with Gasteiger partial charge in [0.2, 0.25) is 0 Å². The van der Waals surface area contributed by atoms with E-state index in [1.54, 1.807) is 0 Å². The van der Waals surface area contributed by atoms with E-state index in [4.69, 9.17) is 37.9 Å². The average Bonchev–Trinajstić information content (AvgIpc) is 3.70. The highest BCUT2D eigenvalue weighted by Gasteiger charge is 2.69. The van der Waals surface area contributed by atoms with Crippen LogP contribution >= 0.6 is 0 Å². The maximum atomic E-state index is 11.6. The molecule has 354 valence electrons. The summed E-state index contributed by atoms with van der Waals surface area (Å²) in [7, 11) is 0. The molecule has 3 saturated carbocycles. The van der Waals surface area contributed by atoms with Crippen molar-refractivity contribution in [2.75, 3.05) is 19.8 Å². The molecule has 9 aliphatic rings. The molecule has 0 bridgehead atoms. The minimum atomic E-state index is -1.84. The predicted molar refractivity (Wildman–Crippen MR) is 214 cm³/mol. The molecule has 0 aromatic rings. The third kappa shape index (κ3) is 7.49. The lowest BCUT2D eigenvalue weighted by atomic mass is 9.47. The summed E-state index contributed by atoms with van der Waals surface area (Å²) < 4.78 is 50.3. The summed E-state index contributed by atoms with van der Waals surface area (Å²) in [6.07, 6.45) is -12.4. The fraction of sp³-hybridized carbons (Fsp3) is 0.956. The fourth-order valence-corrected chi connectivity index (χ4v) is 14.0. The first-order valence-corrected chi connectivity index (χ1v) is 23.4. The van der Waals surface area contributed by atoms with Crippen LogP contribution in [0.1, 0.15) is 92.4 Å². The van der Waals surface area contributed by atoms with Gasteiger partial charge in [0.15, 0.2) is 24.7 Å². The number of hydrogen-bond acceptors (Lipinski definition) is 17. The van der Waals surface area contributed by atoms with Gasteiger partial charge in [-0.2, -0.15) is 0 Å². The Morgan fingerprint density at radius 1 is 0.677 bits per heavy atom. The highest BCUT2D eigenvalue weighted by atomic mass is 16.8. The first kappa shape index (κ1) is 46.2. The molecule has 0 radical (unpaired) electrons. The molecule has 62 heavy (non-hydrogen) atoms. The summed E-state index contributed by atoms with van der Waals surface area (Å²) in [4.78, 5) is 0. The molecule has 0 amide bonds. The third-order valence-electron chi connectivity index (χ3n) is 17.7. The van der Waals surface area contributed by atoms with Gasteiger partial charge in [0, 0.05) is 12.3 Å². The van der Waals surface area contributed by atoms with Gasteiger partial charge in [-0.05, 0) is 98.7 Å². The Balaban J connectivity index is 0.940. The molecule has 9 rings (SSSR count). The number of aliphatic hydroxyl groups excluding tert-OH is 9. The van der Waals surface area contributed by atoms with Crippen molar-refractivity contribution < 1.29 is 83.9 Å². The Labute approximate surface area is 363 Å². The molecular formula is C45H72O17. The molecule has 8 fully saturated rings. The minimum absolute atomic E-state index is 0.0484. The average molecular weight is 885 g/mol. The Kier molecular flexibility index (Phi) is 12.9. The third-order valence-corrected chi connectivity index (χ3v) is 17.7. The van der Waals surface area contributed by atoms with Gasteiger partial charge in [-0.15, -0.1) is 0 Å². The van der Waals surface area contributed by atoms with E-state index in [0.29, 0.717) is 48.3 Å². The molecule has 5 saturated heterocycles. The van der Waals surface area contributed by atoms with Crippen LogP contribution in [-0.2, 0) is 37.9 Å². The monoisotopic (exact) mass is 884 g/mol. The van der Waals surface area contributed by atoms with E-state index in [2.05, 4.69) is 33.8 Å². The maximum Gasteiger partial charge on any atom is 0.187 e. The van der Waals surface area contributed by atoms with E-state index in [1.807, 2.05) is 0 Å². The van der Waals surface area contributed by atoms with Crippen LogP contribution in [0.25, 0.3) is 0 Å². The standard InChI is InChI=1S/C45H72O17/c1-19-8-13-45(55-18-19)20(2)30-27(62-45)15-26-24-7-6-22-14-23(9-11-43(22,4)25(24)10-12-44(26,30)5)57-42-39(61-40-36(53)34(51)31(48)21(3)56-40)38(33(50)29(17-47)59-42)60-41-37(54)35(52)32(49)28(16-46)58-41/h6,19-21,23-42,46-54H,7-18H2,1-5H3/t19?,20-,21-,23-,24+,25-,26-,27-,28+,29+,30-,31-,32+,33+,34+,35-,36+,37+,38-,39+,40-,41-,42+,43-,44-,45+/m0/s1. The lowest BCUT2D eigenvalue weighted by molar-refractivity contribution is -0.394. The highest BCUT2D eigenvalue weighted by Crippen LogP contribution is 2.70. The minimum Gasteiger partial charge on any atom is -0.394 e. The van der Waals surface area contributed by atoms with Gasteiger partial charge in [0.25, 0.3) is 0 Å². The summed E-state index contributed by atoms with van der Waals surface area (Å²) in [5.41, 5.74) is 1.45. The maximum absolute atomic E-state index is 11.6. The van der Waals surface area contributed by atoms with E-state index >= 15 is 0 Å². The lowest BCUT2D eigenvalue weighted by Gasteiger charge is -2.59.